The first kappa shape index (κ1) is 19.4. The van der Waals surface area contributed by atoms with E-state index in [2.05, 4.69) is 5.32 Å². The molecule has 4 nitrogen and oxygen atoms in total. The SMILES string of the molecule is O=C(CSCC(=O)N(Cc1ccccc1F)C1CC1)Nc1ccc(F)cc1. The Labute approximate surface area is 160 Å². The maximum absolute atomic E-state index is 13.9. The van der Waals surface area contributed by atoms with E-state index >= 15 is 0 Å². The molecule has 1 aliphatic carbocycles. The van der Waals surface area contributed by atoms with Crippen molar-refractivity contribution in [3.8, 4) is 0 Å². The van der Waals surface area contributed by atoms with Crippen molar-refractivity contribution < 1.29 is 18.4 Å². The number of carbonyl (C=O) groups is 2. The number of benzene rings is 2. The number of thioether (sulfide) groups is 1. The molecule has 27 heavy (non-hydrogen) atoms. The lowest BCUT2D eigenvalue weighted by molar-refractivity contribution is -0.129. The third-order valence-corrected chi connectivity index (χ3v) is 5.11. The first-order valence-corrected chi connectivity index (χ1v) is 9.84. The molecule has 0 spiro atoms. The Hall–Kier alpha value is -2.41. The van der Waals surface area contributed by atoms with Crippen molar-refractivity contribution in [1.29, 1.82) is 0 Å². The van der Waals surface area contributed by atoms with Crippen molar-refractivity contribution in [1.82, 2.24) is 4.90 Å². The smallest absolute Gasteiger partial charge is 0.234 e. The maximum Gasteiger partial charge on any atom is 0.234 e. The summed E-state index contributed by atoms with van der Waals surface area (Å²) < 4.78 is 26.7. The number of amides is 2. The second kappa shape index (κ2) is 8.99. The predicted octanol–water partition coefficient (Wildman–Crippen LogP) is 3.83. The van der Waals surface area contributed by atoms with Crippen molar-refractivity contribution in [2.24, 2.45) is 0 Å². The molecule has 2 aromatic carbocycles. The molecule has 0 aliphatic heterocycles. The number of carbonyl (C=O) groups excluding carboxylic acids is 2. The zero-order valence-electron chi connectivity index (χ0n) is 14.7. The van der Waals surface area contributed by atoms with Gasteiger partial charge in [0.15, 0.2) is 0 Å². The minimum absolute atomic E-state index is 0.0969. The summed E-state index contributed by atoms with van der Waals surface area (Å²) >= 11 is 1.21. The summed E-state index contributed by atoms with van der Waals surface area (Å²) in [6.07, 6.45) is 1.85. The van der Waals surface area contributed by atoms with E-state index in [4.69, 9.17) is 0 Å². The van der Waals surface area contributed by atoms with Gasteiger partial charge in [-0.3, -0.25) is 9.59 Å². The van der Waals surface area contributed by atoms with E-state index in [-0.39, 0.29) is 47.5 Å². The van der Waals surface area contributed by atoms with Crippen LogP contribution >= 0.6 is 11.8 Å². The highest BCUT2D eigenvalue weighted by Gasteiger charge is 2.32. The summed E-state index contributed by atoms with van der Waals surface area (Å²) in [5.74, 6) is -0.777. The molecule has 2 aromatic rings. The third kappa shape index (κ3) is 5.79. The molecule has 7 heteroatoms. The number of nitrogens with one attached hydrogen (secondary N) is 1. The van der Waals surface area contributed by atoms with Gasteiger partial charge in [-0.2, -0.15) is 0 Å². The lowest BCUT2D eigenvalue weighted by Gasteiger charge is -2.22. The molecule has 142 valence electrons. The standard InChI is InChI=1S/C20H20F2N2O2S/c21-15-5-7-16(8-6-15)23-19(25)12-27-13-20(26)24(17-9-10-17)11-14-3-1-2-4-18(14)22/h1-8,17H,9-13H2,(H,23,25). The van der Waals surface area contributed by atoms with Crippen LogP contribution in [0.4, 0.5) is 14.5 Å². The van der Waals surface area contributed by atoms with Crippen LogP contribution in [0.3, 0.4) is 0 Å². The Kier molecular flexibility index (Phi) is 6.45. The summed E-state index contributed by atoms with van der Waals surface area (Å²) in [7, 11) is 0. The van der Waals surface area contributed by atoms with Crippen LogP contribution in [-0.2, 0) is 16.1 Å². The quantitative estimate of drug-likeness (QED) is 0.745. The first-order chi connectivity index (χ1) is 13.0. The lowest BCUT2D eigenvalue weighted by Crippen LogP contribution is -2.34. The van der Waals surface area contributed by atoms with Crippen LogP contribution in [0.1, 0.15) is 18.4 Å². The Morgan fingerprint density at radius 1 is 1.04 bits per heavy atom. The van der Waals surface area contributed by atoms with E-state index in [0.29, 0.717) is 11.3 Å². The van der Waals surface area contributed by atoms with Gasteiger partial charge in [0.05, 0.1) is 11.5 Å². The molecular weight excluding hydrogens is 370 g/mol. The van der Waals surface area contributed by atoms with Crippen molar-refractivity contribution in [3.63, 3.8) is 0 Å². The van der Waals surface area contributed by atoms with Crippen LogP contribution in [-0.4, -0.2) is 34.3 Å². The van der Waals surface area contributed by atoms with Gasteiger partial charge in [0.25, 0.3) is 0 Å². The molecule has 2 amide bonds. The van der Waals surface area contributed by atoms with Crippen LogP contribution in [0.15, 0.2) is 48.5 Å². The molecule has 0 saturated heterocycles. The van der Waals surface area contributed by atoms with Gasteiger partial charge in [0.2, 0.25) is 11.8 Å². The van der Waals surface area contributed by atoms with Gasteiger partial charge in [0.1, 0.15) is 11.6 Å². The molecule has 0 unspecified atom stereocenters. The van der Waals surface area contributed by atoms with Crippen LogP contribution in [0.2, 0.25) is 0 Å². The molecule has 0 heterocycles. The predicted molar refractivity (Wildman–Crippen MR) is 102 cm³/mol. The summed E-state index contributed by atoms with van der Waals surface area (Å²) in [5.41, 5.74) is 1.00. The highest BCUT2D eigenvalue weighted by atomic mass is 32.2. The van der Waals surface area contributed by atoms with Crippen LogP contribution in [0, 0.1) is 11.6 Å². The van der Waals surface area contributed by atoms with E-state index in [1.54, 1.807) is 23.1 Å². The number of hydrogen-bond donors (Lipinski definition) is 1. The van der Waals surface area contributed by atoms with E-state index < -0.39 is 0 Å². The van der Waals surface area contributed by atoms with Crippen molar-refractivity contribution in [3.05, 3.63) is 65.7 Å². The molecule has 1 aliphatic rings. The molecule has 1 saturated carbocycles. The minimum atomic E-state index is -0.372. The summed E-state index contributed by atoms with van der Waals surface area (Å²) in [4.78, 5) is 26.2. The number of anilines is 1. The Morgan fingerprint density at radius 3 is 2.41 bits per heavy atom. The van der Waals surface area contributed by atoms with Gasteiger partial charge in [0, 0.05) is 23.8 Å². The topological polar surface area (TPSA) is 49.4 Å². The van der Waals surface area contributed by atoms with Gasteiger partial charge >= 0.3 is 0 Å². The fraction of sp³-hybridized carbons (Fsp3) is 0.300. The van der Waals surface area contributed by atoms with Gasteiger partial charge in [-0.1, -0.05) is 18.2 Å². The van der Waals surface area contributed by atoms with Gasteiger partial charge in [-0.05, 0) is 43.2 Å². The van der Waals surface area contributed by atoms with Gasteiger partial charge in [-0.25, -0.2) is 8.78 Å². The van der Waals surface area contributed by atoms with Crippen LogP contribution < -0.4 is 5.32 Å². The fourth-order valence-electron chi connectivity index (χ4n) is 2.66. The summed E-state index contributed by atoms with van der Waals surface area (Å²) in [5, 5.41) is 2.65. The largest absolute Gasteiger partial charge is 0.335 e. The van der Waals surface area contributed by atoms with Gasteiger partial charge in [-0.15, -0.1) is 11.8 Å². The van der Waals surface area contributed by atoms with E-state index in [9.17, 15) is 18.4 Å². The first-order valence-electron chi connectivity index (χ1n) is 8.69. The molecular formula is C20H20F2N2O2S. The highest BCUT2D eigenvalue weighted by Crippen LogP contribution is 2.29. The van der Waals surface area contributed by atoms with Crippen molar-refractivity contribution in [2.45, 2.75) is 25.4 Å². The van der Waals surface area contributed by atoms with Gasteiger partial charge < -0.3 is 10.2 Å². The zero-order chi connectivity index (χ0) is 19.2. The lowest BCUT2D eigenvalue weighted by atomic mass is 10.2. The van der Waals surface area contributed by atoms with Crippen molar-refractivity contribution >= 4 is 29.3 Å². The van der Waals surface area contributed by atoms with Crippen LogP contribution in [0.5, 0.6) is 0 Å². The van der Waals surface area contributed by atoms with Crippen molar-refractivity contribution in [2.75, 3.05) is 16.8 Å². The molecule has 1 fully saturated rings. The number of nitrogens with zero attached hydrogens (tertiary/aromatic N) is 1. The Balaban J connectivity index is 1.47. The maximum atomic E-state index is 13.9. The zero-order valence-corrected chi connectivity index (χ0v) is 15.5. The Morgan fingerprint density at radius 2 is 1.74 bits per heavy atom. The second-order valence-electron chi connectivity index (χ2n) is 6.39. The molecule has 0 aromatic heterocycles. The highest BCUT2D eigenvalue weighted by molar-refractivity contribution is 8.00. The van der Waals surface area contributed by atoms with E-state index in [1.807, 2.05) is 0 Å². The Bertz CT molecular complexity index is 810. The monoisotopic (exact) mass is 390 g/mol. The molecule has 0 atom stereocenters. The summed E-state index contributed by atoms with van der Waals surface area (Å²) in [6, 6.07) is 12.1. The average Bonchev–Trinajstić information content (AvgIpc) is 3.48. The molecule has 0 radical (unpaired) electrons. The van der Waals surface area contributed by atoms with E-state index in [1.165, 1.54) is 42.1 Å². The van der Waals surface area contributed by atoms with E-state index in [0.717, 1.165) is 12.8 Å². The summed E-state index contributed by atoms with van der Waals surface area (Å²) in [6.45, 7) is 0.249. The average molecular weight is 390 g/mol. The minimum Gasteiger partial charge on any atom is -0.335 e. The molecule has 1 N–H and O–H groups in total. The third-order valence-electron chi connectivity index (χ3n) is 4.19. The number of halogens is 2. The second-order valence-corrected chi connectivity index (χ2v) is 7.38. The fourth-order valence-corrected chi connectivity index (χ4v) is 3.36. The normalized spacial score (nSPS) is 13.3. The number of hydrogen-bond acceptors (Lipinski definition) is 3. The van der Waals surface area contributed by atoms with Crippen LogP contribution in [0.25, 0.3) is 0 Å². The molecule has 3 rings (SSSR count). The number of rotatable bonds is 8. The molecule has 0 bridgehead atoms.